The highest BCUT2D eigenvalue weighted by Crippen LogP contribution is 2.15. The van der Waals surface area contributed by atoms with Gasteiger partial charge in [0.1, 0.15) is 17.3 Å². The first-order chi connectivity index (χ1) is 11.1. The molecular weight excluding hydrogens is 294 g/mol. The van der Waals surface area contributed by atoms with E-state index >= 15 is 0 Å². The molecular formula is C16H25N5O2. The van der Waals surface area contributed by atoms with Crippen LogP contribution < -0.4 is 10.2 Å². The van der Waals surface area contributed by atoms with E-state index in [2.05, 4.69) is 32.1 Å². The average molecular weight is 319 g/mol. The molecule has 1 aromatic rings. The third kappa shape index (κ3) is 4.17. The van der Waals surface area contributed by atoms with E-state index in [1.165, 1.54) is 0 Å². The van der Waals surface area contributed by atoms with Crippen molar-refractivity contribution in [3.8, 4) is 0 Å². The lowest BCUT2D eigenvalue weighted by atomic mass is 10.2. The van der Waals surface area contributed by atoms with Crippen LogP contribution >= 0.6 is 0 Å². The molecule has 126 valence electrons. The molecule has 2 saturated heterocycles. The topological polar surface area (TPSA) is 70.6 Å². The van der Waals surface area contributed by atoms with Crippen LogP contribution in [0.2, 0.25) is 0 Å². The van der Waals surface area contributed by atoms with Gasteiger partial charge in [-0.2, -0.15) is 0 Å². The Morgan fingerprint density at radius 3 is 2.83 bits per heavy atom. The van der Waals surface area contributed by atoms with Gasteiger partial charge in [-0.25, -0.2) is 9.97 Å². The van der Waals surface area contributed by atoms with Gasteiger partial charge < -0.3 is 19.9 Å². The monoisotopic (exact) mass is 319 g/mol. The van der Waals surface area contributed by atoms with Crippen molar-refractivity contribution in [1.82, 2.24) is 20.2 Å². The van der Waals surface area contributed by atoms with Crippen LogP contribution in [0, 0.1) is 6.92 Å². The number of amides is 1. The number of carbonyl (C=O) groups excluding carboxylic acids is 1. The lowest BCUT2D eigenvalue weighted by Gasteiger charge is -2.33. The fraction of sp³-hybridized carbons (Fsp3) is 0.688. The number of ether oxygens (including phenoxy) is 1. The Morgan fingerprint density at radius 1 is 1.35 bits per heavy atom. The van der Waals surface area contributed by atoms with E-state index in [0.717, 1.165) is 51.4 Å². The number of hydrogen-bond acceptors (Lipinski definition) is 6. The second kappa shape index (κ2) is 7.23. The molecule has 1 unspecified atom stereocenters. The van der Waals surface area contributed by atoms with Gasteiger partial charge in [0.25, 0.3) is 5.91 Å². The number of nitrogens with one attached hydrogen (secondary N) is 1. The van der Waals surface area contributed by atoms with Crippen molar-refractivity contribution < 1.29 is 9.53 Å². The van der Waals surface area contributed by atoms with Gasteiger partial charge in [0, 0.05) is 45.4 Å². The van der Waals surface area contributed by atoms with E-state index in [1.54, 1.807) is 6.07 Å². The lowest BCUT2D eigenvalue weighted by molar-refractivity contribution is 0.0853. The Hall–Kier alpha value is -1.73. The molecule has 2 fully saturated rings. The Kier molecular flexibility index (Phi) is 5.07. The standard InChI is InChI=1S/C16H25N5O2/c1-12-18-14(16(22)17-11-13-4-3-9-23-13)10-15(19-12)21-7-5-20(2)6-8-21/h10,13H,3-9,11H2,1-2H3,(H,17,22). The SMILES string of the molecule is Cc1nc(C(=O)NCC2CCCO2)cc(N2CCN(C)CC2)n1. The van der Waals surface area contributed by atoms with Crippen LogP contribution in [0.1, 0.15) is 29.2 Å². The predicted octanol–water partition coefficient (Wildman–Crippen LogP) is 0.446. The maximum atomic E-state index is 12.4. The number of rotatable bonds is 4. The minimum absolute atomic E-state index is 0.138. The fourth-order valence-corrected chi connectivity index (χ4v) is 2.97. The van der Waals surface area contributed by atoms with Crippen LogP contribution in [0.5, 0.6) is 0 Å². The molecule has 0 aliphatic carbocycles. The maximum absolute atomic E-state index is 12.4. The summed E-state index contributed by atoms with van der Waals surface area (Å²) in [6.07, 6.45) is 2.22. The number of carbonyl (C=O) groups is 1. The van der Waals surface area contributed by atoms with E-state index in [4.69, 9.17) is 4.74 Å². The van der Waals surface area contributed by atoms with Crippen LogP contribution in [-0.4, -0.2) is 73.3 Å². The van der Waals surface area contributed by atoms with Crippen LogP contribution in [0.4, 0.5) is 5.82 Å². The molecule has 1 amide bonds. The summed E-state index contributed by atoms with van der Waals surface area (Å²) in [6, 6.07) is 1.79. The van der Waals surface area contributed by atoms with Gasteiger partial charge in [0.15, 0.2) is 0 Å². The Labute approximate surface area is 137 Å². The molecule has 0 saturated carbocycles. The van der Waals surface area contributed by atoms with Crippen molar-refractivity contribution >= 4 is 11.7 Å². The van der Waals surface area contributed by atoms with Gasteiger partial charge in [-0.3, -0.25) is 4.79 Å². The number of anilines is 1. The Morgan fingerprint density at radius 2 is 2.13 bits per heavy atom. The van der Waals surface area contributed by atoms with E-state index in [9.17, 15) is 4.79 Å². The summed E-state index contributed by atoms with van der Waals surface area (Å²) in [5.74, 6) is 1.32. The van der Waals surface area contributed by atoms with Crippen LogP contribution in [0.3, 0.4) is 0 Å². The first kappa shape index (κ1) is 16.1. The minimum Gasteiger partial charge on any atom is -0.376 e. The molecule has 0 bridgehead atoms. The first-order valence-electron chi connectivity index (χ1n) is 8.31. The Bertz CT molecular complexity index is 551. The van der Waals surface area contributed by atoms with E-state index in [-0.39, 0.29) is 12.0 Å². The predicted molar refractivity (Wildman–Crippen MR) is 87.8 cm³/mol. The quantitative estimate of drug-likeness (QED) is 0.869. The van der Waals surface area contributed by atoms with Crippen molar-refractivity contribution in [3.63, 3.8) is 0 Å². The summed E-state index contributed by atoms with van der Waals surface area (Å²) in [5.41, 5.74) is 0.435. The van der Waals surface area contributed by atoms with Crippen LogP contribution in [0.25, 0.3) is 0 Å². The number of hydrogen-bond donors (Lipinski definition) is 1. The van der Waals surface area contributed by atoms with Gasteiger partial charge in [0.05, 0.1) is 6.10 Å². The summed E-state index contributed by atoms with van der Waals surface area (Å²) in [4.78, 5) is 25.6. The molecule has 2 aliphatic rings. The maximum Gasteiger partial charge on any atom is 0.270 e. The third-order valence-electron chi connectivity index (χ3n) is 4.40. The summed E-state index contributed by atoms with van der Waals surface area (Å²) in [7, 11) is 2.12. The zero-order valence-corrected chi connectivity index (χ0v) is 13.9. The molecule has 1 aromatic heterocycles. The normalized spacial score (nSPS) is 22.3. The number of piperazine rings is 1. The van der Waals surface area contributed by atoms with Crippen molar-refractivity contribution in [3.05, 3.63) is 17.6 Å². The van der Waals surface area contributed by atoms with Crippen LogP contribution in [-0.2, 0) is 4.74 Å². The summed E-state index contributed by atoms with van der Waals surface area (Å²) >= 11 is 0. The van der Waals surface area contributed by atoms with E-state index < -0.39 is 0 Å². The van der Waals surface area contributed by atoms with Crippen LogP contribution in [0.15, 0.2) is 6.07 Å². The zero-order valence-electron chi connectivity index (χ0n) is 13.9. The van der Waals surface area contributed by atoms with Crippen molar-refractivity contribution in [1.29, 1.82) is 0 Å². The molecule has 3 heterocycles. The molecule has 7 heteroatoms. The molecule has 23 heavy (non-hydrogen) atoms. The molecule has 0 aromatic carbocycles. The molecule has 2 aliphatic heterocycles. The molecule has 0 spiro atoms. The summed E-state index contributed by atoms with van der Waals surface area (Å²) < 4.78 is 5.53. The number of aromatic nitrogens is 2. The summed E-state index contributed by atoms with van der Waals surface area (Å²) in [5, 5.41) is 2.92. The molecule has 1 atom stereocenters. The van der Waals surface area contributed by atoms with E-state index in [0.29, 0.717) is 18.1 Å². The molecule has 0 radical (unpaired) electrons. The van der Waals surface area contributed by atoms with Crippen molar-refractivity contribution in [2.75, 3.05) is 51.3 Å². The van der Waals surface area contributed by atoms with Gasteiger partial charge in [-0.05, 0) is 26.8 Å². The number of likely N-dealkylation sites (N-methyl/N-ethyl adjacent to an activating group) is 1. The molecule has 7 nitrogen and oxygen atoms in total. The highest BCUT2D eigenvalue weighted by molar-refractivity contribution is 5.93. The molecule has 1 N–H and O–H groups in total. The van der Waals surface area contributed by atoms with Gasteiger partial charge in [0.2, 0.25) is 0 Å². The van der Waals surface area contributed by atoms with E-state index in [1.807, 2.05) is 6.92 Å². The molecule has 3 rings (SSSR count). The smallest absolute Gasteiger partial charge is 0.270 e. The van der Waals surface area contributed by atoms with Gasteiger partial charge in [-0.15, -0.1) is 0 Å². The largest absolute Gasteiger partial charge is 0.376 e. The minimum atomic E-state index is -0.152. The second-order valence-corrected chi connectivity index (χ2v) is 6.29. The summed E-state index contributed by atoms with van der Waals surface area (Å²) in [6.45, 7) is 7.02. The fourth-order valence-electron chi connectivity index (χ4n) is 2.97. The third-order valence-corrected chi connectivity index (χ3v) is 4.40. The highest BCUT2D eigenvalue weighted by atomic mass is 16.5. The first-order valence-corrected chi connectivity index (χ1v) is 8.31. The number of aryl methyl sites for hydroxylation is 1. The van der Waals surface area contributed by atoms with Crippen molar-refractivity contribution in [2.45, 2.75) is 25.9 Å². The van der Waals surface area contributed by atoms with Gasteiger partial charge in [-0.1, -0.05) is 0 Å². The highest BCUT2D eigenvalue weighted by Gasteiger charge is 2.20. The average Bonchev–Trinajstić information content (AvgIpc) is 3.06. The Balaban J connectivity index is 1.65. The van der Waals surface area contributed by atoms with Crippen molar-refractivity contribution in [2.24, 2.45) is 0 Å². The zero-order chi connectivity index (χ0) is 16.2. The second-order valence-electron chi connectivity index (χ2n) is 6.29. The lowest BCUT2D eigenvalue weighted by Crippen LogP contribution is -2.45. The number of nitrogens with zero attached hydrogens (tertiary/aromatic N) is 4. The van der Waals surface area contributed by atoms with Gasteiger partial charge >= 0.3 is 0 Å².